The van der Waals surface area contributed by atoms with E-state index in [0.29, 0.717) is 17.0 Å². The van der Waals surface area contributed by atoms with Crippen molar-refractivity contribution >= 4 is 5.78 Å². The van der Waals surface area contributed by atoms with Crippen LogP contribution in [0.5, 0.6) is 0 Å². The number of carbonyl (C=O) groups excluding carboxylic acids is 1. The molecule has 0 saturated carbocycles. The lowest BCUT2D eigenvalue weighted by Gasteiger charge is -2.40. The molecule has 0 aliphatic heterocycles. The number of nitriles is 1. The molecule has 2 aromatic rings. The second kappa shape index (κ2) is 6.56. The zero-order valence-electron chi connectivity index (χ0n) is 15.2. The highest BCUT2D eigenvalue weighted by molar-refractivity contribution is 6.04. The van der Waals surface area contributed by atoms with Crippen molar-refractivity contribution in [3.05, 3.63) is 64.0 Å². The van der Waals surface area contributed by atoms with Crippen molar-refractivity contribution in [1.29, 1.82) is 5.26 Å². The van der Waals surface area contributed by atoms with Gasteiger partial charge in [-0.1, -0.05) is 19.9 Å². The van der Waals surface area contributed by atoms with Crippen LogP contribution in [0.4, 0.5) is 4.39 Å². The number of hydrogen-bond donors (Lipinski definition) is 1. The average molecular weight is 367 g/mol. The van der Waals surface area contributed by atoms with E-state index in [2.05, 4.69) is 9.97 Å². The fourth-order valence-electron chi connectivity index (χ4n) is 3.50. The predicted octanol–water partition coefficient (Wildman–Crippen LogP) is 2.87. The number of pyridine rings is 2. The Kier molecular flexibility index (Phi) is 4.54. The maximum atomic E-state index is 14.0. The lowest BCUT2D eigenvalue weighted by molar-refractivity contribution is -0.128. The molecule has 0 amide bonds. The topological polar surface area (TPSA) is 95.8 Å². The number of nitrogens with one attached hydrogen (secondary N) is 1. The molecule has 1 atom stereocenters. The number of ether oxygens (including phenoxy) is 1. The van der Waals surface area contributed by atoms with E-state index in [1.165, 1.54) is 25.3 Å². The number of halogens is 1. The molecule has 2 aromatic heterocycles. The van der Waals surface area contributed by atoms with E-state index in [4.69, 9.17) is 4.74 Å². The summed E-state index contributed by atoms with van der Waals surface area (Å²) in [7, 11) is 1.44. The number of aromatic nitrogens is 2. The summed E-state index contributed by atoms with van der Waals surface area (Å²) in [5.74, 6) is -0.866. The number of rotatable bonds is 3. The molecule has 1 unspecified atom stereocenters. The number of nitrogens with zero attached hydrogens (tertiary/aromatic N) is 2. The van der Waals surface area contributed by atoms with Crippen LogP contribution in [0, 0.1) is 22.6 Å². The minimum atomic E-state index is -1.22. The van der Waals surface area contributed by atoms with Crippen LogP contribution in [0.15, 0.2) is 46.9 Å². The third-order valence-corrected chi connectivity index (χ3v) is 4.74. The summed E-state index contributed by atoms with van der Waals surface area (Å²) in [5, 5.41) is 9.41. The lowest BCUT2D eigenvalue weighted by Crippen LogP contribution is -2.43. The molecular weight excluding hydrogens is 349 g/mol. The van der Waals surface area contributed by atoms with Crippen LogP contribution in [0.3, 0.4) is 0 Å². The highest BCUT2D eigenvalue weighted by Gasteiger charge is 2.48. The maximum absolute atomic E-state index is 14.0. The number of allylic oxidation sites excluding steroid dienone is 1. The van der Waals surface area contributed by atoms with Gasteiger partial charge in [0, 0.05) is 24.2 Å². The first-order chi connectivity index (χ1) is 12.7. The molecule has 1 N–H and O–H groups in total. The molecule has 0 bridgehead atoms. The van der Waals surface area contributed by atoms with Gasteiger partial charge in [-0.2, -0.15) is 5.26 Å². The molecular formula is C20H18FN3O3. The van der Waals surface area contributed by atoms with Gasteiger partial charge >= 0.3 is 0 Å². The van der Waals surface area contributed by atoms with Crippen LogP contribution in [-0.4, -0.2) is 22.9 Å². The number of hydrogen-bond acceptors (Lipinski definition) is 5. The van der Waals surface area contributed by atoms with E-state index >= 15 is 0 Å². The Morgan fingerprint density at radius 3 is 2.70 bits per heavy atom. The van der Waals surface area contributed by atoms with Crippen LogP contribution >= 0.6 is 0 Å². The van der Waals surface area contributed by atoms with Gasteiger partial charge in [0.1, 0.15) is 17.5 Å². The van der Waals surface area contributed by atoms with Crippen molar-refractivity contribution in [3.63, 3.8) is 0 Å². The quantitative estimate of drug-likeness (QED) is 0.900. The van der Waals surface area contributed by atoms with Crippen LogP contribution in [0.25, 0.3) is 11.3 Å². The number of carbonyl (C=O) groups is 1. The first-order valence-corrected chi connectivity index (χ1v) is 8.31. The Morgan fingerprint density at radius 2 is 2.07 bits per heavy atom. The Labute approximate surface area is 155 Å². The van der Waals surface area contributed by atoms with Gasteiger partial charge in [-0.3, -0.25) is 14.6 Å². The zero-order chi connectivity index (χ0) is 19.8. The van der Waals surface area contributed by atoms with Crippen molar-refractivity contribution in [2.45, 2.75) is 25.9 Å². The predicted molar refractivity (Wildman–Crippen MR) is 96.0 cm³/mol. The standard InChI is InChI=1S/C20H18FN3O3/c1-19(2)11-20(27-3,8-12(9-22)18(19)26)17-14(7-13(21)10-23-17)15-5-4-6-16(25)24-15/h4-8,10H,11H2,1-3H3,(H,24,25). The summed E-state index contributed by atoms with van der Waals surface area (Å²) in [6.45, 7) is 3.45. The number of methoxy groups -OCH3 is 1. The summed E-state index contributed by atoms with van der Waals surface area (Å²) in [5.41, 5.74) is -1.48. The third kappa shape index (κ3) is 3.20. The molecule has 0 saturated heterocycles. The van der Waals surface area contributed by atoms with Gasteiger partial charge in [0.2, 0.25) is 5.56 Å². The monoisotopic (exact) mass is 367 g/mol. The fraction of sp³-hybridized carbons (Fsp3) is 0.300. The lowest BCUT2D eigenvalue weighted by atomic mass is 9.68. The molecule has 1 aliphatic carbocycles. The number of ketones is 1. The smallest absolute Gasteiger partial charge is 0.248 e. The van der Waals surface area contributed by atoms with E-state index in [0.717, 1.165) is 6.20 Å². The van der Waals surface area contributed by atoms with Gasteiger partial charge < -0.3 is 9.72 Å². The largest absolute Gasteiger partial charge is 0.368 e. The van der Waals surface area contributed by atoms with E-state index in [1.54, 1.807) is 26.0 Å². The first-order valence-electron chi connectivity index (χ1n) is 8.31. The highest BCUT2D eigenvalue weighted by Crippen LogP contribution is 2.46. The van der Waals surface area contributed by atoms with Gasteiger partial charge in [0.25, 0.3) is 0 Å². The van der Waals surface area contributed by atoms with Crippen molar-refractivity contribution in [3.8, 4) is 17.3 Å². The Balaban J connectivity index is 2.32. The van der Waals surface area contributed by atoms with E-state index in [-0.39, 0.29) is 23.3 Å². The summed E-state index contributed by atoms with van der Waals surface area (Å²) >= 11 is 0. The second-order valence-corrected chi connectivity index (χ2v) is 7.13. The minimum Gasteiger partial charge on any atom is -0.368 e. The Bertz CT molecular complexity index is 1050. The van der Waals surface area contributed by atoms with E-state index in [9.17, 15) is 19.2 Å². The van der Waals surface area contributed by atoms with Crippen molar-refractivity contribution in [2.75, 3.05) is 7.11 Å². The summed E-state index contributed by atoms with van der Waals surface area (Å²) in [6, 6.07) is 7.69. The third-order valence-electron chi connectivity index (χ3n) is 4.74. The second-order valence-electron chi connectivity index (χ2n) is 7.13. The number of aromatic amines is 1. The molecule has 2 heterocycles. The zero-order valence-corrected chi connectivity index (χ0v) is 15.2. The SMILES string of the molecule is COC1(c2ncc(F)cc2-c2cccc(=O)[nH]2)C=C(C#N)C(=O)C(C)(C)C1. The molecule has 3 rings (SSSR count). The summed E-state index contributed by atoms with van der Waals surface area (Å²) in [6.07, 6.45) is 2.69. The summed E-state index contributed by atoms with van der Waals surface area (Å²) in [4.78, 5) is 31.1. The minimum absolute atomic E-state index is 0.0354. The normalized spacial score (nSPS) is 21.4. The average Bonchev–Trinajstić information content (AvgIpc) is 2.64. The molecule has 7 heteroatoms. The number of Topliss-reactive ketones (excluding diaryl/α,β-unsaturated/α-hetero) is 1. The van der Waals surface area contributed by atoms with Crippen LogP contribution in [0.1, 0.15) is 26.0 Å². The molecule has 27 heavy (non-hydrogen) atoms. The van der Waals surface area contributed by atoms with Gasteiger partial charge in [0.05, 0.1) is 23.2 Å². The molecule has 138 valence electrons. The molecule has 6 nitrogen and oxygen atoms in total. The number of H-pyrrole nitrogens is 1. The summed E-state index contributed by atoms with van der Waals surface area (Å²) < 4.78 is 19.7. The van der Waals surface area contributed by atoms with Crippen molar-refractivity contribution < 1.29 is 13.9 Å². The van der Waals surface area contributed by atoms with Gasteiger partial charge in [0.15, 0.2) is 5.78 Å². The fourth-order valence-corrected chi connectivity index (χ4v) is 3.50. The molecule has 0 aromatic carbocycles. The van der Waals surface area contributed by atoms with Gasteiger partial charge in [-0.25, -0.2) is 4.39 Å². The van der Waals surface area contributed by atoms with Crippen molar-refractivity contribution in [2.24, 2.45) is 5.41 Å². The Morgan fingerprint density at radius 1 is 1.33 bits per heavy atom. The molecule has 0 fully saturated rings. The van der Waals surface area contributed by atoms with Gasteiger partial charge in [-0.05, 0) is 24.6 Å². The van der Waals surface area contributed by atoms with E-state index in [1.807, 2.05) is 6.07 Å². The first kappa shape index (κ1) is 18.7. The van der Waals surface area contributed by atoms with E-state index < -0.39 is 16.8 Å². The van der Waals surface area contributed by atoms with Crippen LogP contribution < -0.4 is 5.56 Å². The van der Waals surface area contributed by atoms with Crippen LogP contribution in [-0.2, 0) is 15.1 Å². The maximum Gasteiger partial charge on any atom is 0.248 e. The Hall–Kier alpha value is -3.11. The molecule has 0 spiro atoms. The van der Waals surface area contributed by atoms with Gasteiger partial charge in [-0.15, -0.1) is 0 Å². The molecule has 0 radical (unpaired) electrons. The van der Waals surface area contributed by atoms with Crippen molar-refractivity contribution in [1.82, 2.24) is 9.97 Å². The molecule has 1 aliphatic rings. The van der Waals surface area contributed by atoms with Crippen LogP contribution in [0.2, 0.25) is 0 Å². The highest BCUT2D eigenvalue weighted by atomic mass is 19.1.